The van der Waals surface area contributed by atoms with E-state index in [4.69, 9.17) is 9.84 Å². The summed E-state index contributed by atoms with van der Waals surface area (Å²) in [4.78, 5) is 22.4. The zero-order chi connectivity index (χ0) is 15.0. The van der Waals surface area contributed by atoms with Crippen LogP contribution < -0.4 is 10.1 Å². The fourth-order valence-electron chi connectivity index (χ4n) is 1.70. The predicted octanol–water partition coefficient (Wildman–Crippen LogP) is 1.85. The molecule has 0 saturated carbocycles. The smallest absolute Gasteiger partial charge is 0.308 e. The fraction of sp³-hybridized carbons (Fsp3) is 0.467. The highest BCUT2D eigenvalue weighted by Crippen LogP contribution is 2.13. The molecule has 1 aromatic carbocycles. The van der Waals surface area contributed by atoms with Gasteiger partial charge in [-0.25, -0.2) is 0 Å². The first-order valence-electron chi connectivity index (χ1n) is 6.78. The van der Waals surface area contributed by atoms with Crippen LogP contribution in [0.25, 0.3) is 0 Å². The summed E-state index contributed by atoms with van der Waals surface area (Å²) in [5.74, 6) is -1.12. The highest BCUT2D eigenvalue weighted by atomic mass is 16.5. The summed E-state index contributed by atoms with van der Waals surface area (Å²) in [5, 5.41) is 11.4. The van der Waals surface area contributed by atoms with Crippen molar-refractivity contribution in [2.24, 2.45) is 5.92 Å². The summed E-state index contributed by atoms with van der Waals surface area (Å²) >= 11 is 0. The molecule has 0 bridgehead atoms. The van der Waals surface area contributed by atoms with E-state index < -0.39 is 11.9 Å². The van der Waals surface area contributed by atoms with Crippen LogP contribution in [0.15, 0.2) is 24.3 Å². The lowest BCUT2D eigenvalue weighted by molar-refractivity contribution is -0.141. The summed E-state index contributed by atoms with van der Waals surface area (Å²) in [6.07, 6.45) is 1.38. The van der Waals surface area contributed by atoms with Crippen LogP contribution in [-0.2, 0) is 16.0 Å². The first-order chi connectivity index (χ1) is 9.56. The molecule has 1 unspecified atom stereocenters. The van der Waals surface area contributed by atoms with Gasteiger partial charge in [0.25, 0.3) is 5.91 Å². The number of ether oxygens (including phenoxy) is 1. The Morgan fingerprint density at radius 2 is 2.10 bits per heavy atom. The van der Waals surface area contributed by atoms with Crippen LogP contribution >= 0.6 is 0 Å². The maximum atomic E-state index is 11.6. The summed E-state index contributed by atoms with van der Waals surface area (Å²) in [6.45, 7) is 3.84. The minimum Gasteiger partial charge on any atom is -0.484 e. The van der Waals surface area contributed by atoms with E-state index in [0.29, 0.717) is 12.2 Å². The molecule has 1 rings (SSSR count). The second-order valence-electron chi connectivity index (χ2n) is 4.54. The van der Waals surface area contributed by atoms with Gasteiger partial charge >= 0.3 is 5.97 Å². The van der Waals surface area contributed by atoms with Crippen LogP contribution in [0.5, 0.6) is 5.75 Å². The Hall–Kier alpha value is -2.04. The fourth-order valence-corrected chi connectivity index (χ4v) is 1.70. The number of benzene rings is 1. The molecule has 2 N–H and O–H groups in total. The highest BCUT2D eigenvalue weighted by molar-refractivity contribution is 5.78. The average Bonchev–Trinajstić information content (AvgIpc) is 2.45. The van der Waals surface area contributed by atoms with Crippen LogP contribution in [0.2, 0.25) is 0 Å². The molecule has 1 aromatic rings. The number of carbonyl (C=O) groups is 2. The third kappa shape index (κ3) is 5.30. The lowest BCUT2D eigenvalue weighted by atomic mass is 10.1. The van der Waals surface area contributed by atoms with Gasteiger partial charge in [0.15, 0.2) is 6.61 Å². The molecule has 0 aromatic heterocycles. The molecule has 20 heavy (non-hydrogen) atoms. The number of aryl methyl sites for hydroxylation is 1. The maximum Gasteiger partial charge on any atom is 0.308 e. The van der Waals surface area contributed by atoms with E-state index in [0.717, 1.165) is 12.0 Å². The van der Waals surface area contributed by atoms with Crippen LogP contribution in [0, 0.1) is 5.92 Å². The number of nitrogens with one attached hydrogen (secondary N) is 1. The Labute approximate surface area is 118 Å². The second-order valence-corrected chi connectivity index (χ2v) is 4.54. The van der Waals surface area contributed by atoms with Gasteiger partial charge in [0.05, 0.1) is 5.92 Å². The molecule has 0 aliphatic heterocycles. The van der Waals surface area contributed by atoms with Gasteiger partial charge in [0, 0.05) is 6.54 Å². The number of rotatable bonds is 8. The van der Waals surface area contributed by atoms with E-state index >= 15 is 0 Å². The highest BCUT2D eigenvalue weighted by Gasteiger charge is 2.15. The number of carboxylic acids is 1. The molecule has 0 aliphatic carbocycles. The van der Waals surface area contributed by atoms with Gasteiger partial charge in [-0.15, -0.1) is 0 Å². The summed E-state index contributed by atoms with van der Waals surface area (Å²) in [6, 6.07) is 7.55. The predicted molar refractivity (Wildman–Crippen MR) is 75.7 cm³/mol. The van der Waals surface area contributed by atoms with Gasteiger partial charge in [-0.1, -0.05) is 26.0 Å². The molecular formula is C15H21NO4. The topological polar surface area (TPSA) is 75.6 Å². The van der Waals surface area contributed by atoms with Crippen molar-refractivity contribution >= 4 is 11.9 Å². The molecule has 110 valence electrons. The first kappa shape index (κ1) is 16.0. The van der Waals surface area contributed by atoms with Crippen LogP contribution in [-0.4, -0.2) is 30.1 Å². The van der Waals surface area contributed by atoms with Crippen molar-refractivity contribution in [2.45, 2.75) is 26.7 Å². The van der Waals surface area contributed by atoms with E-state index in [1.807, 2.05) is 25.1 Å². The van der Waals surface area contributed by atoms with Crippen molar-refractivity contribution in [1.29, 1.82) is 0 Å². The summed E-state index contributed by atoms with van der Waals surface area (Å²) in [5.41, 5.74) is 1.14. The lowest BCUT2D eigenvalue weighted by Crippen LogP contribution is -2.35. The first-order valence-corrected chi connectivity index (χ1v) is 6.78. The maximum absolute atomic E-state index is 11.6. The van der Waals surface area contributed by atoms with E-state index in [1.54, 1.807) is 13.0 Å². The van der Waals surface area contributed by atoms with E-state index in [1.165, 1.54) is 0 Å². The quantitative estimate of drug-likeness (QED) is 0.761. The zero-order valence-electron chi connectivity index (χ0n) is 11.9. The Kier molecular flexibility index (Phi) is 6.56. The van der Waals surface area contributed by atoms with Crippen molar-refractivity contribution in [3.63, 3.8) is 0 Å². The normalized spacial score (nSPS) is 11.7. The number of hydrogen-bond acceptors (Lipinski definition) is 3. The molecule has 0 fully saturated rings. The molecule has 0 saturated heterocycles. The van der Waals surface area contributed by atoms with Gasteiger partial charge in [-0.2, -0.15) is 0 Å². The van der Waals surface area contributed by atoms with Crippen LogP contribution in [0.4, 0.5) is 0 Å². The van der Waals surface area contributed by atoms with Gasteiger partial charge in [0.2, 0.25) is 0 Å². The summed E-state index contributed by atoms with van der Waals surface area (Å²) < 4.78 is 5.38. The Balaban J connectivity index is 2.37. The van der Waals surface area contributed by atoms with Crippen molar-refractivity contribution in [2.75, 3.05) is 13.2 Å². The van der Waals surface area contributed by atoms with E-state index in [-0.39, 0.29) is 19.1 Å². The largest absolute Gasteiger partial charge is 0.484 e. The van der Waals surface area contributed by atoms with E-state index in [9.17, 15) is 9.59 Å². The molecule has 5 nitrogen and oxygen atoms in total. The van der Waals surface area contributed by atoms with Gasteiger partial charge in [-0.05, 0) is 30.5 Å². The van der Waals surface area contributed by atoms with Gasteiger partial charge in [-0.3, -0.25) is 9.59 Å². The summed E-state index contributed by atoms with van der Waals surface area (Å²) in [7, 11) is 0. The van der Waals surface area contributed by atoms with E-state index in [2.05, 4.69) is 5.32 Å². The van der Waals surface area contributed by atoms with Crippen molar-refractivity contribution in [3.8, 4) is 5.75 Å². The minimum absolute atomic E-state index is 0.108. The Morgan fingerprint density at radius 3 is 2.70 bits per heavy atom. The Bertz CT molecular complexity index is 459. The van der Waals surface area contributed by atoms with Crippen LogP contribution in [0.3, 0.4) is 0 Å². The van der Waals surface area contributed by atoms with Crippen molar-refractivity contribution in [3.05, 3.63) is 29.8 Å². The molecule has 5 heteroatoms. The van der Waals surface area contributed by atoms with Crippen LogP contribution in [0.1, 0.15) is 25.8 Å². The molecule has 1 atom stereocenters. The molecular weight excluding hydrogens is 258 g/mol. The number of amides is 1. The van der Waals surface area contributed by atoms with Crippen molar-refractivity contribution in [1.82, 2.24) is 5.32 Å². The second kappa shape index (κ2) is 8.19. The van der Waals surface area contributed by atoms with Crippen molar-refractivity contribution < 1.29 is 19.4 Å². The molecule has 1 amide bonds. The number of carboxylic acid groups (broad SMARTS) is 1. The zero-order valence-corrected chi connectivity index (χ0v) is 11.9. The lowest BCUT2D eigenvalue weighted by Gasteiger charge is -2.12. The third-order valence-electron chi connectivity index (χ3n) is 3.06. The number of hydrogen-bond donors (Lipinski definition) is 2. The standard InChI is InChI=1S/C15H21NO4/c1-3-11-6-5-7-13(8-11)20-10-14(17)16-9-12(4-2)15(18)19/h5-8,12H,3-4,9-10H2,1-2H3,(H,16,17)(H,18,19). The third-order valence-corrected chi connectivity index (χ3v) is 3.06. The number of aliphatic carboxylic acids is 1. The molecule has 0 heterocycles. The Morgan fingerprint density at radius 1 is 1.35 bits per heavy atom. The SMILES string of the molecule is CCc1cccc(OCC(=O)NCC(CC)C(=O)O)c1. The average molecular weight is 279 g/mol. The molecule has 0 aliphatic rings. The van der Waals surface area contributed by atoms with Gasteiger partial charge in [0.1, 0.15) is 5.75 Å². The van der Waals surface area contributed by atoms with Gasteiger partial charge < -0.3 is 15.2 Å². The molecule has 0 spiro atoms. The number of carbonyl (C=O) groups excluding carboxylic acids is 1. The minimum atomic E-state index is -0.899. The molecule has 0 radical (unpaired) electrons. The monoisotopic (exact) mass is 279 g/mol.